The van der Waals surface area contributed by atoms with E-state index < -0.39 is 15.9 Å². The van der Waals surface area contributed by atoms with Crippen LogP contribution in [-0.2, 0) is 22.9 Å². The highest BCUT2D eigenvalue weighted by Gasteiger charge is 2.30. The van der Waals surface area contributed by atoms with E-state index in [1.807, 2.05) is 0 Å². The number of sulfonamides is 1. The van der Waals surface area contributed by atoms with Crippen LogP contribution in [0.25, 0.3) is 0 Å². The first kappa shape index (κ1) is 20.1. The van der Waals surface area contributed by atoms with Gasteiger partial charge in [-0.1, -0.05) is 29.6 Å². The second-order valence-electron chi connectivity index (χ2n) is 7.06. The molecule has 2 aromatic rings. The third-order valence-corrected chi connectivity index (χ3v) is 8.14. The Morgan fingerprint density at radius 1 is 1.11 bits per heavy atom. The van der Waals surface area contributed by atoms with E-state index in [0.29, 0.717) is 5.13 Å². The number of nitrogens with zero attached hydrogens (tertiary/aromatic N) is 1. The molecule has 0 saturated heterocycles. The molecule has 2 aliphatic carbocycles. The molecule has 1 amide bonds. The van der Waals surface area contributed by atoms with Gasteiger partial charge in [0.1, 0.15) is 4.90 Å². The van der Waals surface area contributed by atoms with Gasteiger partial charge in [-0.2, -0.15) is 0 Å². The standard InChI is InChI=1S/C18H19Cl2N3O3S2/c19-12-9-13(20)16(28(25,26)23-10-6-7-10)8-11(12)17(24)22-18-21-14-4-2-1-3-5-15(14)27-18/h8-10,23H,1-7H2,(H,21,22,24). The number of thiazole rings is 1. The van der Waals surface area contributed by atoms with Gasteiger partial charge < -0.3 is 0 Å². The number of halogens is 2. The third-order valence-electron chi connectivity index (χ3n) is 4.77. The Morgan fingerprint density at radius 3 is 2.61 bits per heavy atom. The second kappa shape index (κ2) is 7.91. The molecule has 28 heavy (non-hydrogen) atoms. The minimum absolute atomic E-state index is 0.0179. The van der Waals surface area contributed by atoms with E-state index >= 15 is 0 Å². The van der Waals surface area contributed by atoms with E-state index in [2.05, 4.69) is 15.0 Å². The summed E-state index contributed by atoms with van der Waals surface area (Å²) in [7, 11) is -3.81. The van der Waals surface area contributed by atoms with Crippen molar-refractivity contribution in [1.29, 1.82) is 0 Å². The zero-order chi connectivity index (χ0) is 19.9. The highest BCUT2D eigenvalue weighted by atomic mass is 35.5. The molecule has 6 nitrogen and oxygen atoms in total. The first-order valence-electron chi connectivity index (χ1n) is 9.15. The number of fused-ring (bicyclic) bond motifs is 1. The van der Waals surface area contributed by atoms with Gasteiger partial charge in [-0.05, 0) is 50.7 Å². The number of benzene rings is 1. The summed E-state index contributed by atoms with van der Waals surface area (Å²) in [5, 5.41) is 3.33. The van der Waals surface area contributed by atoms with Crippen molar-refractivity contribution < 1.29 is 13.2 Å². The minimum atomic E-state index is -3.81. The summed E-state index contributed by atoms with van der Waals surface area (Å²) < 4.78 is 27.6. The van der Waals surface area contributed by atoms with Crippen molar-refractivity contribution in [3.05, 3.63) is 38.3 Å². The molecule has 150 valence electrons. The largest absolute Gasteiger partial charge is 0.298 e. The second-order valence-corrected chi connectivity index (χ2v) is 10.6. The van der Waals surface area contributed by atoms with Crippen LogP contribution in [0, 0.1) is 0 Å². The number of nitrogens with one attached hydrogen (secondary N) is 2. The fourth-order valence-electron chi connectivity index (χ4n) is 3.14. The van der Waals surface area contributed by atoms with E-state index in [0.717, 1.165) is 44.2 Å². The fraction of sp³-hybridized carbons (Fsp3) is 0.444. The van der Waals surface area contributed by atoms with E-state index in [4.69, 9.17) is 23.2 Å². The van der Waals surface area contributed by atoms with Crippen LogP contribution >= 0.6 is 34.5 Å². The maximum Gasteiger partial charge on any atom is 0.259 e. The monoisotopic (exact) mass is 459 g/mol. The summed E-state index contributed by atoms with van der Waals surface area (Å²) in [4.78, 5) is 18.3. The van der Waals surface area contributed by atoms with Gasteiger partial charge in [0.15, 0.2) is 5.13 Å². The molecule has 2 N–H and O–H groups in total. The molecule has 2 aliphatic rings. The Balaban J connectivity index is 1.59. The van der Waals surface area contributed by atoms with Crippen molar-refractivity contribution >= 4 is 55.6 Å². The molecule has 1 heterocycles. The van der Waals surface area contributed by atoms with Crippen LogP contribution in [0.15, 0.2) is 17.0 Å². The molecular weight excluding hydrogens is 441 g/mol. The average molecular weight is 460 g/mol. The van der Waals surface area contributed by atoms with Crippen molar-refractivity contribution in [1.82, 2.24) is 9.71 Å². The van der Waals surface area contributed by atoms with Crippen LogP contribution in [0.4, 0.5) is 5.13 Å². The van der Waals surface area contributed by atoms with Gasteiger partial charge in [0.25, 0.3) is 5.91 Å². The average Bonchev–Trinajstić information content (AvgIpc) is 3.38. The van der Waals surface area contributed by atoms with E-state index in [-0.39, 0.29) is 26.5 Å². The predicted molar refractivity (Wildman–Crippen MR) is 111 cm³/mol. The van der Waals surface area contributed by atoms with Crippen molar-refractivity contribution in [2.24, 2.45) is 0 Å². The molecule has 1 aromatic carbocycles. The van der Waals surface area contributed by atoms with E-state index in [1.165, 1.54) is 34.8 Å². The lowest BCUT2D eigenvalue weighted by molar-refractivity contribution is 0.102. The Hall–Kier alpha value is -1.19. The lowest BCUT2D eigenvalue weighted by Gasteiger charge is -2.11. The molecular formula is C18H19Cl2N3O3S2. The number of rotatable bonds is 5. The molecule has 1 saturated carbocycles. The van der Waals surface area contributed by atoms with Crippen LogP contribution in [0.5, 0.6) is 0 Å². The van der Waals surface area contributed by atoms with Gasteiger partial charge in [0.2, 0.25) is 10.0 Å². The molecule has 0 radical (unpaired) electrons. The molecule has 0 aliphatic heterocycles. The minimum Gasteiger partial charge on any atom is -0.298 e. The van der Waals surface area contributed by atoms with Crippen molar-refractivity contribution in [2.75, 3.05) is 5.32 Å². The van der Waals surface area contributed by atoms with Crippen molar-refractivity contribution in [2.45, 2.75) is 55.9 Å². The quantitative estimate of drug-likeness (QED) is 0.647. The number of carbonyl (C=O) groups excluding carboxylic acids is 1. The fourth-order valence-corrected chi connectivity index (χ4v) is 6.35. The molecule has 1 fully saturated rings. The zero-order valence-corrected chi connectivity index (χ0v) is 18.1. The van der Waals surface area contributed by atoms with Gasteiger partial charge in [-0.25, -0.2) is 18.1 Å². The first-order valence-corrected chi connectivity index (χ1v) is 12.2. The number of aryl methyl sites for hydroxylation is 2. The summed E-state index contributed by atoms with van der Waals surface area (Å²) in [6.07, 6.45) is 6.90. The maximum absolute atomic E-state index is 12.8. The molecule has 4 rings (SSSR count). The highest BCUT2D eigenvalue weighted by Crippen LogP contribution is 2.32. The van der Waals surface area contributed by atoms with Gasteiger partial charge in [-0.15, -0.1) is 11.3 Å². The summed E-state index contributed by atoms with van der Waals surface area (Å²) in [6.45, 7) is 0. The normalized spacial score (nSPS) is 17.1. The predicted octanol–water partition coefficient (Wildman–Crippen LogP) is 4.41. The van der Waals surface area contributed by atoms with E-state index in [1.54, 1.807) is 0 Å². The number of hydrogen-bond donors (Lipinski definition) is 2. The number of amides is 1. The van der Waals surface area contributed by atoms with E-state index in [9.17, 15) is 13.2 Å². The Bertz CT molecular complexity index is 1010. The van der Waals surface area contributed by atoms with Gasteiger partial charge in [0.05, 0.1) is 21.3 Å². The summed E-state index contributed by atoms with van der Waals surface area (Å²) in [5.41, 5.74) is 1.09. The molecule has 1 aromatic heterocycles. The van der Waals surface area contributed by atoms with Crippen LogP contribution in [0.3, 0.4) is 0 Å². The number of hydrogen-bond acceptors (Lipinski definition) is 5. The summed E-state index contributed by atoms with van der Waals surface area (Å²) in [6, 6.07) is 2.44. The Morgan fingerprint density at radius 2 is 1.86 bits per heavy atom. The maximum atomic E-state index is 12.8. The van der Waals surface area contributed by atoms with Crippen LogP contribution in [0.1, 0.15) is 53.0 Å². The Kier molecular flexibility index (Phi) is 5.68. The highest BCUT2D eigenvalue weighted by molar-refractivity contribution is 7.89. The molecule has 0 unspecified atom stereocenters. The van der Waals surface area contributed by atoms with Crippen LogP contribution in [-0.4, -0.2) is 25.4 Å². The number of anilines is 1. The van der Waals surface area contributed by atoms with Gasteiger partial charge in [-0.3, -0.25) is 10.1 Å². The third kappa shape index (κ3) is 4.36. The van der Waals surface area contributed by atoms with Crippen LogP contribution in [0.2, 0.25) is 10.0 Å². The molecule has 0 spiro atoms. The number of carbonyl (C=O) groups is 1. The van der Waals surface area contributed by atoms with Crippen molar-refractivity contribution in [3.63, 3.8) is 0 Å². The Labute approximate surface area is 177 Å². The zero-order valence-electron chi connectivity index (χ0n) is 14.9. The van der Waals surface area contributed by atoms with Gasteiger partial charge in [0, 0.05) is 10.9 Å². The van der Waals surface area contributed by atoms with Crippen LogP contribution < -0.4 is 10.0 Å². The van der Waals surface area contributed by atoms with Gasteiger partial charge >= 0.3 is 0 Å². The topological polar surface area (TPSA) is 88.2 Å². The number of aromatic nitrogens is 1. The summed E-state index contributed by atoms with van der Waals surface area (Å²) in [5.74, 6) is -0.506. The SMILES string of the molecule is O=C(Nc1nc2c(s1)CCCCC2)c1cc(S(=O)(=O)NC2CC2)c(Cl)cc1Cl. The molecule has 0 atom stereocenters. The lowest BCUT2D eigenvalue weighted by atomic mass is 10.2. The smallest absolute Gasteiger partial charge is 0.259 e. The molecule has 10 heteroatoms. The molecule has 0 bridgehead atoms. The summed E-state index contributed by atoms with van der Waals surface area (Å²) >= 11 is 13.7. The first-order chi connectivity index (χ1) is 13.3. The lowest BCUT2D eigenvalue weighted by Crippen LogP contribution is -2.26. The van der Waals surface area contributed by atoms with Crippen molar-refractivity contribution in [3.8, 4) is 0 Å².